The monoisotopic (exact) mass is 247 g/mol. The summed E-state index contributed by atoms with van der Waals surface area (Å²) in [6, 6.07) is 0. The molecule has 1 aromatic rings. The van der Waals surface area contributed by atoms with E-state index >= 15 is 0 Å². The maximum Gasteiger partial charge on any atom is 0.0855 e. The first-order chi connectivity index (χ1) is 8.66. The van der Waals surface area contributed by atoms with Crippen LogP contribution in [0.4, 0.5) is 0 Å². The van der Waals surface area contributed by atoms with Gasteiger partial charge in [-0.1, -0.05) is 11.6 Å². The molecule has 3 aliphatic carbocycles. The third-order valence-electron chi connectivity index (χ3n) is 5.75. The molecule has 4 rings (SSSR count). The van der Waals surface area contributed by atoms with Crippen LogP contribution in [0.2, 0.25) is 0 Å². The van der Waals surface area contributed by atoms with Crippen LogP contribution < -0.4 is 0 Å². The molecule has 0 amide bonds. The number of aliphatic hydroxyl groups is 1. The molecule has 3 saturated carbocycles. The molecule has 0 spiro atoms. The van der Waals surface area contributed by atoms with Gasteiger partial charge in [0.05, 0.1) is 11.3 Å². The van der Waals surface area contributed by atoms with E-state index in [2.05, 4.69) is 10.3 Å². The summed E-state index contributed by atoms with van der Waals surface area (Å²) < 4.78 is 1.73. The number of hydrogen-bond donors (Lipinski definition) is 1. The molecule has 0 radical (unpaired) electrons. The fourth-order valence-corrected chi connectivity index (χ4v) is 5.23. The van der Waals surface area contributed by atoms with Crippen LogP contribution in [0.15, 0.2) is 6.20 Å². The predicted octanol–water partition coefficient (Wildman–Crippen LogP) is 1.54. The molecule has 2 bridgehead atoms. The molecule has 0 saturated heterocycles. The molecule has 5 atom stereocenters. The molecule has 1 aromatic heterocycles. The number of aromatic nitrogens is 3. The third-order valence-corrected chi connectivity index (χ3v) is 5.75. The van der Waals surface area contributed by atoms with Gasteiger partial charge in [-0.3, -0.25) is 4.68 Å². The van der Waals surface area contributed by atoms with Gasteiger partial charge in [0.1, 0.15) is 0 Å². The van der Waals surface area contributed by atoms with E-state index < -0.39 is 5.60 Å². The Hall–Kier alpha value is -0.900. The smallest absolute Gasteiger partial charge is 0.0855 e. The van der Waals surface area contributed by atoms with Crippen molar-refractivity contribution < 1.29 is 5.11 Å². The molecule has 3 aliphatic rings. The first-order valence-corrected chi connectivity index (χ1v) is 7.23. The fourth-order valence-electron chi connectivity index (χ4n) is 5.23. The van der Waals surface area contributed by atoms with E-state index in [1.165, 1.54) is 25.7 Å². The van der Waals surface area contributed by atoms with Gasteiger partial charge >= 0.3 is 0 Å². The zero-order valence-electron chi connectivity index (χ0n) is 10.9. The lowest BCUT2D eigenvalue weighted by Gasteiger charge is -2.38. The van der Waals surface area contributed by atoms with Crippen molar-refractivity contribution in [3.63, 3.8) is 0 Å². The quantitative estimate of drug-likeness (QED) is 0.862. The number of nitrogens with zero attached hydrogens (tertiary/aromatic N) is 3. The molecular formula is C14H21N3O. The summed E-state index contributed by atoms with van der Waals surface area (Å²) in [4.78, 5) is 0. The highest BCUT2D eigenvalue weighted by Crippen LogP contribution is 2.62. The predicted molar refractivity (Wildman–Crippen MR) is 66.7 cm³/mol. The van der Waals surface area contributed by atoms with Gasteiger partial charge in [-0.25, -0.2) is 0 Å². The Morgan fingerprint density at radius 2 is 2.28 bits per heavy atom. The standard InChI is InChI=1S/C14H21N3O/c1-17-8-10(15-16-17)7-14(18)6-9-5-13(14)12-4-2-3-11(9)12/h8-9,11-13,18H,2-7H2,1H3. The van der Waals surface area contributed by atoms with Gasteiger partial charge in [-0.15, -0.1) is 5.10 Å². The van der Waals surface area contributed by atoms with Gasteiger partial charge in [0, 0.05) is 19.7 Å². The van der Waals surface area contributed by atoms with Crippen molar-refractivity contribution in [2.45, 2.75) is 44.1 Å². The van der Waals surface area contributed by atoms with Gasteiger partial charge in [0.15, 0.2) is 0 Å². The minimum Gasteiger partial charge on any atom is -0.389 e. The van der Waals surface area contributed by atoms with Crippen molar-refractivity contribution in [3.8, 4) is 0 Å². The van der Waals surface area contributed by atoms with Crippen molar-refractivity contribution >= 4 is 0 Å². The Bertz CT molecular complexity index is 471. The van der Waals surface area contributed by atoms with Crippen LogP contribution in [0.3, 0.4) is 0 Å². The molecule has 4 nitrogen and oxygen atoms in total. The molecule has 3 fully saturated rings. The average Bonchev–Trinajstić information content (AvgIpc) is 2.99. The summed E-state index contributed by atoms with van der Waals surface area (Å²) in [6.07, 6.45) is 9.02. The molecule has 0 aliphatic heterocycles. The summed E-state index contributed by atoms with van der Waals surface area (Å²) in [5.74, 6) is 3.03. The van der Waals surface area contributed by atoms with Crippen molar-refractivity contribution in [2.75, 3.05) is 0 Å². The van der Waals surface area contributed by atoms with Gasteiger partial charge in [-0.05, 0) is 49.4 Å². The van der Waals surface area contributed by atoms with Gasteiger partial charge in [0.25, 0.3) is 0 Å². The lowest BCUT2D eigenvalue weighted by Crippen LogP contribution is -2.43. The van der Waals surface area contributed by atoms with E-state index in [-0.39, 0.29) is 0 Å². The third kappa shape index (κ3) is 1.41. The number of aryl methyl sites for hydroxylation is 1. The Morgan fingerprint density at radius 1 is 1.44 bits per heavy atom. The summed E-state index contributed by atoms with van der Waals surface area (Å²) in [5.41, 5.74) is 0.453. The summed E-state index contributed by atoms with van der Waals surface area (Å²) in [6.45, 7) is 0. The molecule has 0 aromatic carbocycles. The van der Waals surface area contributed by atoms with E-state index in [9.17, 15) is 5.11 Å². The Morgan fingerprint density at radius 3 is 3.06 bits per heavy atom. The Balaban J connectivity index is 1.58. The van der Waals surface area contributed by atoms with Crippen LogP contribution in [0.1, 0.15) is 37.8 Å². The average molecular weight is 247 g/mol. The van der Waals surface area contributed by atoms with Crippen LogP contribution in [0, 0.1) is 23.7 Å². The number of rotatable bonds is 2. The van der Waals surface area contributed by atoms with E-state index in [0.717, 1.165) is 29.9 Å². The maximum absolute atomic E-state index is 11.0. The largest absolute Gasteiger partial charge is 0.389 e. The lowest BCUT2D eigenvalue weighted by atomic mass is 9.71. The molecule has 1 heterocycles. The van der Waals surface area contributed by atoms with Crippen LogP contribution in [0.5, 0.6) is 0 Å². The molecule has 5 unspecified atom stereocenters. The van der Waals surface area contributed by atoms with Crippen molar-refractivity contribution in [1.82, 2.24) is 15.0 Å². The number of hydrogen-bond acceptors (Lipinski definition) is 3. The molecule has 4 heteroatoms. The highest BCUT2D eigenvalue weighted by molar-refractivity contribution is 5.13. The summed E-state index contributed by atoms with van der Waals surface area (Å²) in [5, 5.41) is 19.1. The molecule has 98 valence electrons. The zero-order valence-corrected chi connectivity index (χ0v) is 10.9. The van der Waals surface area contributed by atoms with E-state index in [4.69, 9.17) is 0 Å². The molecule has 1 N–H and O–H groups in total. The summed E-state index contributed by atoms with van der Waals surface area (Å²) in [7, 11) is 1.88. The topological polar surface area (TPSA) is 50.9 Å². The number of fused-ring (bicyclic) bond motifs is 5. The van der Waals surface area contributed by atoms with Crippen molar-refractivity contribution in [3.05, 3.63) is 11.9 Å². The minimum absolute atomic E-state index is 0.494. The second-order valence-corrected chi connectivity index (χ2v) is 6.73. The van der Waals surface area contributed by atoms with E-state index in [0.29, 0.717) is 12.3 Å². The van der Waals surface area contributed by atoms with Crippen molar-refractivity contribution in [1.29, 1.82) is 0 Å². The second kappa shape index (κ2) is 3.56. The lowest BCUT2D eigenvalue weighted by molar-refractivity contribution is -0.0457. The van der Waals surface area contributed by atoms with E-state index in [1.807, 2.05) is 13.2 Å². The fraction of sp³-hybridized carbons (Fsp3) is 0.857. The normalized spacial score (nSPS) is 45.7. The van der Waals surface area contributed by atoms with Crippen LogP contribution in [-0.2, 0) is 13.5 Å². The summed E-state index contributed by atoms with van der Waals surface area (Å²) >= 11 is 0. The van der Waals surface area contributed by atoms with Crippen molar-refractivity contribution in [2.24, 2.45) is 30.7 Å². The Kier molecular flexibility index (Phi) is 2.17. The maximum atomic E-state index is 11.0. The zero-order chi connectivity index (χ0) is 12.3. The van der Waals surface area contributed by atoms with Crippen LogP contribution >= 0.6 is 0 Å². The highest BCUT2D eigenvalue weighted by atomic mass is 16.3. The molecule has 18 heavy (non-hydrogen) atoms. The Labute approximate surface area is 107 Å². The first-order valence-electron chi connectivity index (χ1n) is 7.23. The first kappa shape index (κ1) is 11.0. The van der Waals surface area contributed by atoms with Crippen LogP contribution in [-0.4, -0.2) is 25.7 Å². The van der Waals surface area contributed by atoms with Gasteiger partial charge < -0.3 is 5.11 Å². The molecular weight excluding hydrogens is 226 g/mol. The minimum atomic E-state index is -0.494. The van der Waals surface area contributed by atoms with Gasteiger partial charge in [-0.2, -0.15) is 0 Å². The van der Waals surface area contributed by atoms with E-state index in [1.54, 1.807) is 4.68 Å². The highest BCUT2D eigenvalue weighted by Gasteiger charge is 2.60. The van der Waals surface area contributed by atoms with Gasteiger partial charge in [0.2, 0.25) is 0 Å². The second-order valence-electron chi connectivity index (χ2n) is 6.73. The SMILES string of the molecule is Cn1cc(CC2(O)CC3CC2C2CCCC32)nn1. The van der Waals surface area contributed by atoms with Crippen LogP contribution in [0.25, 0.3) is 0 Å².